The van der Waals surface area contributed by atoms with Crippen molar-refractivity contribution in [2.75, 3.05) is 26.4 Å². The van der Waals surface area contributed by atoms with Gasteiger partial charge in [0.2, 0.25) is 0 Å². The summed E-state index contributed by atoms with van der Waals surface area (Å²) in [6, 6.07) is 0. The Bertz CT molecular complexity index is 322. The van der Waals surface area contributed by atoms with Gasteiger partial charge in [0, 0.05) is 13.2 Å². The molecule has 0 aromatic heterocycles. The maximum atomic E-state index is 5.71. The molecule has 134 valence electrons. The highest BCUT2D eigenvalue weighted by molar-refractivity contribution is 5.03. The fourth-order valence-electron chi connectivity index (χ4n) is 2.80. The van der Waals surface area contributed by atoms with E-state index >= 15 is 0 Å². The van der Waals surface area contributed by atoms with Gasteiger partial charge in [-0.2, -0.15) is 0 Å². The second-order valence-electron chi connectivity index (χ2n) is 7.60. The Balaban J connectivity index is 4.50. The van der Waals surface area contributed by atoms with Gasteiger partial charge in [-0.1, -0.05) is 58.4 Å². The molecule has 23 heavy (non-hydrogen) atoms. The van der Waals surface area contributed by atoms with Gasteiger partial charge in [0.1, 0.15) is 0 Å². The molecule has 0 amide bonds. The van der Waals surface area contributed by atoms with Gasteiger partial charge >= 0.3 is 0 Å². The summed E-state index contributed by atoms with van der Waals surface area (Å²) in [4.78, 5) is 0. The van der Waals surface area contributed by atoms with Crippen molar-refractivity contribution < 1.29 is 9.47 Å². The molecule has 0 aromatic carbocycles. The normalized spacial score (nSPS) is 13.3. The molecule has 0 N–H and O–H groups in total. The van der Waals surface area contributed by atoms with Crippen LogP contribution in [0.2, 0.25) is 0 Å². The standard InChI is InChI=1S/C21H38O2/c1-9-19(6)14-21(7,8)20(10-12-22-15-17(2)3)11-13-23-16-18(4)5/h19H,1-2,4,9-16H2,3,5-8H3. The van der Waals surface area contributed by atoms with Crippen LogP contribution in [-0.2, 0) is 9.47 Å². The fourth-order valence-corrected chi connectivity index (χ4v) is 2.80. The number of ether oxygens (including phenoxy) is 2. The first kappa shape index (κ1) is 22.4. The van der Waals surface area contributed by atoms with Gasteiger partial charge < -0.3 is 9.47 Å². The molecule has 1 atom stereocenters. The van der Waals surface area contributed by atoms with Crippen LogP contribution < -0.4 is 0 Å². The van der Waals surface area contributed by atoms with Crippen molar-refractivity contribution in [2.24, 2.45) is 11.3 Å². The number of hydrogen-bond donors (Lipinski definition) is 0. The fraction of sp³-hybridized carbons (Fsp3) is 0.714. The van der Waals surface area contributed by atoms with Crippen LogP contribution in [-0.4, -0.2) is 26.4 Å². The second-order valence-corrected chi connectivity index (χ2v) is 7.60. The van der Waals surface area contributed by atoms with Crippen molar-refractivity contribution in [1.29, 1.82) is 0 Å². The maximum Gasteiger partial charge on any atom is 0.0671 e. The second kappa shape index (κ2) is 11.9. The van der Waals surface area contributed by atoms with E-state index in [1.165, 1.54) is 5.92 Å². The van der Waals surface area contributed by atoms with Gasteiger partial charge in [-0.05, 0) is 50.4 Å². The van der Waals surface area contributed by atoms with Crippen LogP contribution in [0.1, 0.15) is 60.3 Å². The summed E-state index contributed by atoms with van der Waals surface area (Å²) in [7, 11) is 0. The largest absolute Gasteiger partial charge is 0.377 e. The highest BCUT2D eigenvalue weighted by atomic mass is 16.5. The van der Waals surface area contributed by atoms with Crippen molar-refractivity contribution in [3.63, 3.8) is 0 Å². The van der Waals surface area contributed by atoms with Crippen molar-refractivity contribution in [1.82, 2.24) is 0 Å². The topological polar surface area (TPSA) is 18.5 Å². The highest BCUT2D eigenvalue weighted by Crippen LogP contribution is 2.40. The summed E-state index contributed by atoms with van der Waals surface area (Å²) in [5, 5.41) is 0. The summed E-state index contributed by atoms with van der Waals surface area (Å²) >= 11 is 0. The third kappa shape index (κ3) is 11.6. The van der Waals surface area contributed by atoms with Crippen LogP contribution in [0.3, 0.4) is 0 Å². The molecule has 0 saturated heterocycles. The molecule has 1 unspecified atom stereocenters. The molecule has 0 aliphatic rings. The first-order valence-corrected chi connectivity index (χ1v) is 8.77. The molecule has 0 saturated carbocycles. The molecule has 2 heteroatoms. The molecule has 0 aromatic rings. The van der Waals surface area contributed by atoms with Crippen LogP contribution in [0.5, 0.6) is 0 Å². The zero-order valence-corrected chi connectivity index (χ0v) is 16.2. The lowest BCUT2D eigenvalue weighted by Crippen LogP contribution is -2.27. The Morgan fingerprint density at radius 3 is 1.74 bits per heavy atom. The van der Waals surface area contributed by atoms with Crippen molar-refractivity contribution in [3.05, 3.63) is 37.1 Å². The van der Waals surface area contributed by atoms with Crippen LogP contribution in [0.15, 0.2) is 24.3 Å². The van der Waals surface area contributed by atoms with Gasteiger partial charge in [-0.15, -0.1) is 0 Å². The molecule has 0 bridgehead atoms. The predicted octanol–water partition coefficient (Wildman–Crippen LogP) is 5.80. The Morgan fingerprint density at radius 1 is 0.957 bits per heavy atom. The quantitative estimate of drug-likeness (QED) is 0.297. The first-order chi connectivity index (χ1) is 10.7. The Kier molecular flexibility index (Phi) is 11.6. The van der Waals surface area contributed by atoms with Crippen LogP contribution in [0.4, 0.5) is 0 Å². The zero-order valence-electron chi connectivity index (χ0n) is 16.2. The molecule has 2 nitrogen and oxygen atoms in total. The van der Waals surface area contributed by atoms with Crippen molar-refractivity contribution in [3.8, 4) is 0 Å². The lowest BCUT2D eigenvalue weighted by molar-refractivity contribution is 0.121. The van der Waals surface area contributed by atoms with Gasteiger partial charge in [-0.25, -0.2) is 0 Å². The average Bonchev–Trinajstić information content (AvgIpc) is 2.43. The molecular formula is C21H38O2. The third-order valence-electron chi connectivity index (χ3n) is 4.10. The average molecular weight is 323 g/mol. The molecular weight excluding hydrogens is 284 g/mol. The lowest BCUT2D eigenvalue weighted by atomic mass is 9.70. The summed E-state index contributed by atoms with van der Waals surface area (Å²) in [6.45, 7) is 25.6. The van der Waals surface area contributed by atoms with E-state index in [9.17, 15) is 0 Å². The molecule has 0 rings (SSSR count). The monoisotopic (exact) mass is 322 g/mol. The molecule has 0 aliphatic heterocycles. The van der Waals surface area contributed by atoms with Crippen LogP contribution >= 0.6 is 0 Å². The summed E-state index contributed by atoms with van der Waals surface area (Å²) < 4.78 is 11.4. The highest BCUT2D eigenvalue weighted by Gasteiger charge is 2.30. The van der Waals surface area contributed by atoms with Gasteiger partial charge in [0.15, 0.2) is 0 Å². The lowest BCUT2D eigenvalue weighted by Gasteiger charge is -2.36. The van der Waals surface area contributed by atoms with E-state index < -0.39 is 0 Å². The molecule has 0 spiro atoms. The molecule has 0 fully saturated rings. The summed E-state index contributed by atoms with van der Waals surface area (Å²) in [5.74, 6) is 2.16. The molecule has 2 radical (unpaired) electrons. The SMILES string of the molecule is [CH2]CC(C)CC(C)(C)[C](CCOCC(=C)C)CCOCC(=C)C. The minimum Gasteiger partial charge on any atom is -0.377 e. The van der Waals surface area contributed by atoms with Gasteiger partial charge in [0.05, 0.1) is 13.2 Å². The number of rotatable bonds is 14. The third-order valence-corrected chi connectivity index (χ3v) is 4.10. The van der Waals surface area contributed by atoms with Gasteiger partial charge in [-0.3, -0.25) is 0 Å². The predicted molar refractivity (Wildman–Crippen MR) is 101 cm³/mol. The minimum atomic E-state index is 0.191. The van der Waals surface area contributed by atoms with E-state index in [1.54, 1.807) is 0 Å². The van der Waals surface area contributed by atoms with E-state index in [2.05, 4.69) is 40.9 Å². The van der Waals surface area contributed by atoms with E-state index in [1.807, 2.05) is 13.8 Å². The Labute approximate surface area is 145 Å². The van der Waals surface area contributed by atoms with E-state index in [0.717, 1.165) is 50.0 Å². The Hall–Kier alpha value is -0.600. The first-order valence-electron chi connectivity index (χ1n) is 8.77. The van der Waals surface area contributed by atoms with Gasteiger partial charge in [0.25, 0.3) is 0 Å². The van der Waals surface area contributed by atoms with Crippen LogP contribution in [0, 0.1) is 24.2 Å². The smallest absolute Gasteiger partial charge is 0.0671 e. The maximum absolute atomic E-state index is 5.71. The van der Waals surface area contributed by atoms with E-state index in [0.29, 0.717) is 19.1 Å². The molecule has 0 heterocycles. The van der Waals surface area contributed by atoms with Crippen LogP contribution in [0.25, 0.3) is 0 Å². The van der Waals surface area contributed by atoms with E-state index in [4.69, 9.17) is 9.47 Å². The summed E-state index contributed by atoms with van der Waals surface area (Å²) in [6.07, 6.45) is 4.11. The Morgan fingerprint density at radius 2 is 1.39 bits per heavy atom. The minimum absolute atomic E-state index is 0.191. The number of hydrogen-bond acceptors (Lipinski definition) is 2. The molecule has 0 aliphatic carbocycles. The zero-order chi connectivity index (χ0) is 17.9. The van der Waals surface area contributed by atoms with Crippen molar-refractivity contribution in [2.45, 2.75) is 60.3 Å². The van der Waals surface area contributed by atoms with Crippen molar-refractivity contribution >= 4 is 0 Å². The summed E-state index contributed by atoms with van der Waals surface area (Å²) in [5.41, 5.74) is 2.33. The van der Waals surface area contributed by atoms with E-state index in [-0.39, 0.29) is 5.41 Å².